The van der Waals surface area contributed by atoms with Crippen LogP contribution < -0.4 is 0 Å². The number of rotatable bonds is 3. The lowest BCUT2D eigenvalue weighted by molar-refractivity contribution is 0.0678. The lowest BCUT2D eigenvalue weighted by Gasteiger charge is -2.33. The van der Waals surface area contributed by atoms with Crippen molar-refractivity contribution in [1.82, 2.24) is 15.1 Å². The van der Waals surface area contributed by atoms with Gasteiger partial charge in [0.2, 0.25) is 0 Å². The third-order valence-electron chi connectivity index (χ3n) is 5.07. The van der Waals surface area contributed by atoms with E-state index in [1.54, 1.807) is 11.3 Å². The normalized spacial score (nSPS) is 17.0. The van der Waals surface area contributed by atoms with Gasteiger partial charge >= 0.3 is 0 Å². The Bertz CT molecular complexity index is 895. The molecule has 0 spiro atoms. The lowest BCUT2D eigenvalue weighted by Crippen LogP contribution is -2.43. The van der Waals surface area contributed by atoms with E-state index < -0.39 is 0 Å². The second-order valence-electron chi connectivity index (χ2n) is 6.41. The van der Waals surface area contributed by atoms with Crippen LogP contribution in [0.3, 0.4) is 0 Å². The average Bonchev–Trinajstić information content (AvgIpc) is 3.20. The van der Waals surface area contributed by atoms with Gasteiger partial charge in [0.05, 0.1) is 11.1 Å². The highest BCUT2D eigenvalue weighted by atomic mass is 32.1. The fourth-order valence-corrected chi connectivity index (χ4v) is 4.90. The summed E-state index contributed by atoms with van der Waals surface area (Å²) in [6.07, 6.45) is 4.77. The van der Waals surface area contributed by atoms with Crippen molar-refractivity contribution in [1.29, 1.82) is 0 Å². The van der Waals surface area contributed by atoms with Crippen LogP contribution in [-0.2, 0) is 12.8 Å². The zero-order chi connectivity index (χ0) is 16.7. The van der Waals surface area contributed by atoms with E-state index in [1.165, 1.54) is 21.3 Å². The van der Waals surface area contributed by atoms with Crippen LogP contribution >= 0.6 is 11.3 Å². The zero-order valence-corrected chi connectivity index (χ0v) is 14.8. The number of amides is 1. The molecule has 4 nitrogen and oxygen atoms in total. The summed E-state index contributed by atoms with van der Waals surface area (Å²) in [7, 11) is 0. The molecule has 0 radical (unpaired) electrons. The highest BCUT2D eigenvalue weighted by molar-refractivity contribution is 7.21. The van der Waals surface area contributed by atoms with Gasteiger partial charge in [-0.15, -0.1) is 11.3 Å². The van der Waals surface area contributed by atoms with Gasteiger partial charge in [-0.25, -0.2) is 0 Å². The van der Waals surface area contributed by atoms with Crippen molar-refractivity contribution in [3.05, 3.63) is 52.2 Å². The van der Waals surface area contributed by atoms with Crippen molar-refractivity contribution >= 4 is 27.3 Å². The quantitative estimate of drug-likeness (QED) is 0.785. The van der Waals surface area contributed by atoms with Crippen LogP contribution in [0.2, 0.25) is 0 Å². The van der Waals surface area contributed by atoms with Crippen molar-refractivity contribution in [2.45, 2.75) is 39.2 Å². The number of carbonyl (C=O) groups excluding carboxylic acids is 1. The van der Waals surface area contributed by atoms with E-state index in [1.807, 2.05) is 23.2 Å². The summed E-state index contributed by atoms with van der Waals surface area (Å²) in [5.74, 6) is 0.174. The SMILES string of the molecule is CCN(C(=O)c1sc2ccccc2c1C)C1CCc2[nH]ncc2C1. The molecule has 0 fully saturated rings. The Kier molecular flexibility index (Phi) is 3.88. The molecule has 1 unspecified atom stereocenters. The number of nitrogens with zero attached hydrogens (tertiary/aromatic N) is 2. The Morgan fingerprint density at radius 2 is 2.25 bits per heavy atom. The Hall–Kier alpha value is -2.14. The number of nitrogens with one attached hydrogen (secondary N) is 1. The molecule has 2 aromatic heterocycles. The third kappa shape index (κ3) is 2.44. The number of aromatic nitrogens is 2. The fraction of sp³-hybridized carbons (Fsp3) is 0.368. The molecule has 1 aromatic carbocycles. The minimum absolute atomic E-state index is 0.174. The minimum Gasteiger partial charge on any atom is -0.335 e. The molecule has 2 heterocycles. The van der Waals surface area contributed by atoms with Gasteiger partial charge in [-0.3, -0.25) is 9.89 Å². The molecule has 1 aliphatic rings. The Morgan fingerprint density at radius 1 is 1.42 bits per heavy atom. The molecular formula is C19H21N3OS. The number of thiophene rings is 1. The second kappa shape index (κ2) is 6.06. The molecule has 0 saturated carbocycles. The predicted molar refractivity (Wildman–Crippen MR) is 97.7 cm³/mol. The molecule has 1 N–H and O–H groups in total. The Labute approximate surface area is 145 Å². The maximum atomic E-state index is 13.2. The minimum atomic E-state index is 0.174. The summed E-state index contributed by atoms with van der Waals surface area (Å²) in [6.45, 7) is 4.88. The van der Waals surface area contributed by atoms with E-state index in [0.29, 0.717) is 0 Å². The largest absolute Gasteiger partial charge is 0.335 e. The molecule has 4 rings (SSSR count). The number of hydrogen-bond donors (Lipinski definition) is 1. The zero-order valence-electron chi connectivity index (χ0n) is 14.0. The Morgan fingerprint density at radius 3 is 3.04 bits per heavy atom. The van der Waals surface area contributed by atoms with Crippen molar-refractivity contribution in [2.24, 2.45) is 0 Å². The summed E-state index contributed by atoms with van der Waals surface area (Å²) in [6, 6.07) is 8.53. The van der Waals surface area contributed by atoms with Gasteiger partial charge in [0.1, 0.15) is 0 Å². The van der Waals surface area contributed by atoms with E-state index in [9.17, 15) is 4.79 Å². The lowest BCUT2D eigenvalue weighted by atomic mass is 9.92. The van der Waals surface area contributed by atoms with Crippen molar-refractivity contribution in [3.63, 3.8) is 0 Å². The van der Waals surface area contributed by atoms with Gasteiger partial charge in [0.15, 0.2) is 0 Å². The maximum Gasteiger partial charge on any atom is 0.264 e. The van der Waals surface area contributed by atoms with E-state index >= 15 is 0 Å². The van der Waals surface area contributed by atoms with Gasteiger partial charge in [-0.2, -0.15) is 5.10 Å². The number of benzene rings is 1. The van der Waals surface area contributed by atoms with E-state index in [-0.39, 0.29) is 11.9 Å². The first kappa shape index (κ1) is 15.4. The van der Waals surface area contributed by atoms with Gasteiger partial charge in [0.25, 0.3) is 5.91 Å². The first-order chi connectivity index (χ1) is 11.7. The highest BCUT2D eigenvalue weighted by Gasteiger charge is 2.30. The number of likely N-dealkylation sites (N-methyl/N-ethyl adjacent to an activating group) is 1. The van der Waals surface area contributed by atoms with E-state index in [4.69, 9.17) is 0 Å². The molecule has 3 aromatic rings. The number of aromatic amines is 1. The van der Waals surface area contributed by atoms with Crippen LogP contribution in [0.25, 0.3) is 10.1 Å². The van der Waals surface area contributed by atoms with Crippen molar-refractivity contribution in [3.8, 4) is 0 Å². The summed E-state index contributed by atoms with van der Waals surface area (Å²) in [5.41, 5.74) is 3.59. The standard InChI is InChI=1S/C19H21N3OS/c1-3-22(14-8-9-16-13(10-14)11-20-21-16)19(23)18-12(2)15-6-4-5-7-17(15)24-18/h4-7,11,14H,3,8-10H2,1-2H3,(H,20,21). The van der Waals surface area contributed by atoms with Gasteiger partial charge in [-0.05, 0) is 55.7 Å². The van der Waals surface area contributed by atoms with E-state index in [0.717, 1.165) is 36.2 Å². The fourth-order valence-electron chi connectivity index (χ4n) is 3.74. The van der Waals surface area contributed by atoms with Gasteiger partial charge < -0.3 is 4.90 Å². The number of aryl methyl sites for hydroxylation is 2. The van der Waals surface area contributed by atoms with Crippen LogP contribution in [0.5, 0.6) is 0 Å². The van der Waals surface area contributed by atoms with Crippen LogP contribution in [0.15, 0.2) is 30.5 Å². The predicted octanol–water partition coefficient (Wildman–Crippen LogP) is 3.95. The molecular weight excluding hydrogens is 318 g/mol. The summed E-state index contributed by atoms with van der Waals surface area (Å²) >= 11 is 1.62. The summed E-state index contributed by atoms with van der Waals surface area (Å²) in [4.78, 5) is 16.2. The number of carbonyl (C=O) groups is 1. The van der Waals surface area contributed by atoms with Gasteiger partial charge in [-0.1, -0.05) is 18.2 Å². The molecule has 1 aliphatic carbocycles. The first-order valence-electron chi connectivity index (χ1n) is 8.49. The monoisotopic (exact) mass is 339 g/mol. The molecule has 1 amide bonds. The van der Waals surface area contributed by atoms with Crippen LogP contribution in [0, 0.1) is 6.92 Å². The molecule has 24 heavy (non-hydrogen) atoms. The Balaban J connectivity index is 1.65. The first-order valence-corrected chi connectivity index (χ1v) is 9.31. The molecule has 1 atom stereocenters. The van der Waals surface area contributed by atoms with Crippen molar-refractivity contribution in [2.75, 3.05) is 6.54 Å². The maximum absolute atomic E-state index is 13.2. The van der Waals surface area contributed by atoms with Gasteiger partial charge in [0, 0.05) is 23.0 Å². The number of fused-ring (bicyclic) bond motifs is 2. The molecule has 0 bridgehead atoms. The molecule has 0 aliphatic heterocycles. The van der Waals surface area contributed by atoms with Crippen LogP contribution in [0.4, 0.5) is 0 Å². The van der Waals surface area contributed by atoms with E-state index in [2.05, 4.69) is 36.2 Å². The highest BCUT2D eigenvalue weighted by Crippen LogP contribution is 2.33. The molecule has 5 heteroatoms. The van der Waals surface area contributed by atoms with Crippen molar-refractivity contribution < 1.29 is 4.79 Å². The average molecular weight is 339 g/mol. The molecule has 0 saturated heterocycles. The van der Waals surface area contributed by atoms with Crippen LogP contribution in [0.1, 0.15) is 39.8 Å². The summed E-state index contributed by atoms with van der Waals surface area (Å²) in [5, 5.41) is 8.41. The third-order valence-corrected chi connectivity index (χ3v) is 6.33. The second-order valence-corrected chi connectivity index (χ2v) is 7.47. The topological polar surface area (TPSA) is 49.0 Å². The smallest absolute Gasteiger partial charge is 0.264 e. The van der Waals surface area contributed by atoms with Crippen LogP contribution in [-0.4, -0.2) is 33.6 Å². The molecule has 124 valence electrons. The number of hydrogen-bond acceptors (Lipinski definition) is 3. The summed E-state index contributed by atoms with van der Waals surface area (Å²) < 4.78 is 1.19. The number of H-pyrrole nitrogens is 1.